The second-order valence-electron chi connectivity index (χ2n) is 9.48. The first-order valence-electron chi connectivity index (χ1n) is 12.5. The smallest absolute Gasteiger partial charge is 0.387 e. The third kappa shape index (κ3) is 6.64. The van der Waals surface area contributed by atoms with Crippen LogP contribution in [0.5, 0.6) is 11.5 Å². The summed E-state index contributed by atoms with van der Waals surface area (Å²) in [5.74, 6) is -0.148. The molecule has 40 heavy (non-hydrogen) atoms. The predicted molar refractivity (Wildman–Crippen MR) is 144 cm³/mol. The van der Waals surface area contributed by atoms with Gasteiger partial charge in [0.25, 0.3) is 0 Å². The molecule has 0 aliphatic heterocycles. The quantitative estimate of drug-likeness (QED) is 0.186. The number of carbonyl (C=O) groups is 1. The second-order valence-corrected chi connectivity index (χ2v) is 10.3. The summed E-state index contributed by atoms with van der Waals surface area (Å²) in [6.07, 6.45) is 6.13. The van der Waals surface area contributed by atoms with Crippen molar-refractivity contribution in [1.82, 2.24) is 4.57 Å². The Morgan fingerprint density at radius 2 is 1.88 bits per heavy atom. The molecule has 0 radical (unpaired) electrons. The first kappa shape index (κ1) is 27.7. The van der Waals surface area contributed by atoms with Gasteiger partial charge in [-0.05, 0) is 60.7 Å². The molecule has 4 aromatic rings. The van der Waals surface area contributed by atoms with E-state index in [9.17, 15) is 13.6 Å². The van der Waals surface area contributed by atoms with Gasteiger partial charge in [-0.1, -0.05) is 29.3 Å². The molecule has 7 nitrogen and oxygen atoms in total. The standard InChI is InChI=1S/C29H23Cl2F2N3O4/c30-22-13-35-14-23(31)21(22)11-26(20-4-6-25(40-29(32)33)27(10-20)38-16-17-1-2-17)39-28(37)15-36-8-7-19-9-18(12-34)3-5-24(19)36/h3-10,13-14,17,26,29H,1-2,11,15-16H2/p+1/t26-/m0/s1. The third-order valence-electron chi connectivity index (χ3n) is 6.59. The van der Waals surface area contributed by atoms with Crippen LogP contribution in [0.15, 0.2) is 61.1 Å². The molecule has 1 atom stereocenters. The third-order valence-corrected chi connectivity index (χ3v) is 7.26. The van der Waals surface area contributed by atoms with Gasteiger partial charge in [0.05, 0.1) is 18.2 Å². The summed E-state index contributed by atoms with van der Waals surface area (Å²) in [7, 11) is 0. The van der Waals surface area contributed by atoms with E-state index >= 15 is 0 Å². The van der Waals surface area contributed by atoms with Crippen molar-refractivity contribution in [1.29, 1.82) is 5.26 Å². The van der Waals surface area contributed by atoms with E-state index in [4.69, 9.17) is 37.9 Å². The number of H-pyrrole nitrogens is 1. The minimum Gasteiger partial charge on any atom is -0.489 e. The number of hydrogen-bond acceptors (Lipinski definition) is 5. The molecule has 1 aliphatic rings. The summed E-state index contributed by atoms with van der Waals surface area (Å²) in [6.45, 7) is -2.76. The van der Waals surface area contributed by atoms with E-state index in [-0.39, 0.29) is 24.5 Å². The number of hydrogen-bond donors (Lipinski definition) is 0. The second kappa shape index (κ2) is 12.1. The lowest BCUT2D eigenvalue weighted by Crippen LogP contribution is -2.19. The summed E-state index contributed by atoms with van der Waals surface area (Å²) < 4.78 is 44.3. The molecule has 1 N–H and O–H groups in total. The van der Waals surface area contributed by atoms with Crippen LogP contribution in [0.2, 0.25) is 10.0 Å². The number of aromatic amines is 1. The van der Waals surface area contributed by atoms with Crippen molar-refractivity contribution in [3.05, 3.63) is 87.8 Å². The lowest BCUT2D eigenvalue weighted by Gasteiger charge is -2.21. The van der Waals surface area contributed by atoms with Crippen LogP contribution < -0.4 is 14.5 Å². The van der Waals surface area contributed by atoms with Crippen LogP contribution in [0.1, 0.15) is 35.6 Å². The number of halogens is 4. The van der Waals surface area contributed by atoms with Gasteiger partial charge in [0, 0.05) is 29.1 Å². The number of nitrogens with zero attached hydrogens (tertiary/aromatic N) is 2. The summed E-state index contributed by atoms with van der Waals surface area (Å²) in [4.78, 5) is 16.1. The molecule has 2 aromatic heterocycles. The van der Waals surface area contributed by atoms with Crippen molar-refractivity contribution in [2.45, 2.75) is 38.5 Å². The number of pyridine rings is 1. The summed E-state index contributed by atoms with van der Waals surface area (Å²) in [6, 6.07) is 13.6. The SMILES string of the molecule is N#Cc1ccc2c(ccn2CC(=O)O[C@@H](Cc2c(Cl)c[nH+]cc2Cl)c2ccc(OC(F)F)c(OCC3CC3)c2)c1. The number of nitriles is 1. The highest BCUT2D eigenvalue weighted by Crippen LogP contribution is 2.37. The highest BCUT2D eigenvalue weighted by molar-refractivity contribution is 6.35. The van der Waals surface area contributed by atoms with Crippen molar-refractivity contribution in [3.8, 4) is 17.6 Å². The van der Waals surface area contributed by atoms with Crippen LogP contribution in [-0.4, -0.2) is 23.8 Å². The van der Waals surface area contributed by atoms with Gasteiger partial charge in [-0.2, -0.15) is 14.0 Å². The Bertz CT molecular complexity index is 1560. The Kier molecular flexibility index (Phi) is 8.38. The number of alkyl halides is 2. The van der Waals surface area contributed by atoms with E-state index < -0.39 is 18.7 Å². The Labute approximate surface area is 238 Å². The molecule has 2 heterocycles. The fourth-order valence-corrected chi connectivity index (χ4v) is 4.88. The number of ether oxygens (including phenoxy) is 3. The fraction of sp³-hybridized carbons (Fsp3) is 0.276. The number of carbonyl (C=O) groups excluding carboxylic acids is 1. The predicted octanol–water partition coefficient (Wildman–Crippen LogP) is 6.55. The van der Waals surface area contributed by atoms with Gasteiger partial charge in [-0.25, -0.2) is 4.98 Å². The number of fused-ring (bicyclic) bond motifs is 1. The molecule has 1 fully saturated rings. The Morgan fingerprint density at radius 3 is 2.58 bits per heavy atom. The first-order valence-corrected chi connectivity index (χ1v) is 13.3. The molecule has 5 rings (SSSR count). The Hall–Kier alpha value is -3.87. The van der Waals surface area contributed by atoms with Gasteiger partial charge in [-0.3, -0.25) is 4.79 Å². The zero-order chi connectivity index (χ0) is 28.2. The highest BCUT2D eigenvalue weighted by atomic mass is 35.5. The average molecular weight is 587 g/mol. The van der Waals surface area contributed by atoms with Crippen LogP contribution in [-0.2, 0) is 22.5 Å². The summed E-state index contributed by atoms with van der Waals surface area (Å²) >= 11 is 12.8. The Morgan fingerprint density at radius 1 is 1.10 bits per heavy atom. The molecule has 1 aliphatic carbocycles. The van der Waals surface area contributed by atoms with E-state index in [0.717, 1.165) is 23.7 Å². The van der Waals surface area contributed by atoms with Crippen molar-refractivity contribution in [3.63, 3.8) is 0 Å². The molecule has 11 heteroatoms. The summed E-state index contributed by atoms with van der Waals surface area (Å²) in [5, 5.41) is 10.7. The molecule has 0 spiro atoms. The lowest BCUT2D eigenvalue weighted by molar-refractivity contribution is -0.377. The zero-order valence-electron chi connectivity index (χ0n) is 21.1. The molecular formula is C29H24Cl2F2N3O4+. The average Bonchev–Trinajstić information content (AvgIpc) is 3.68. The van der Waals surface area contributed by atoms with Gasteiger partial charge in [0.1, 0.15) is 22.7 Å². The number of esters is 1. The number of aromatic nitrogens is 2. The van der Waals surface area contributed by atoms with Crippen molar-refractivity contribution in [2.75, 3.05) is 6.61 Å². The molecule has 0 saturated heterocycles. The van der Waals surface area contributed by atoms with E-state index in [1.807, 2.05) is 6.07 Å². The van der Waals surface area contributed by atoms with Gasteiger partial charge >= 0.3 is 12.6 Å². The van der Waals surface area contributed by atoms with Crippen molar-refractivity contribution < 1.29 is 32.8 Å². The Balaban J connectivity index is 1.44. The maximum Gasteiger partial charge on any atom is 0.387 e. The molecule has 206 valence electrons. The molecule has 0 unspecified atom stereocenters. The fourth-order valence-electron chi connectivity index (χ4n) is 4.35. The monoisotopic (exact) mass is 586 g/mol. The van der Waals surface area contributed by atoms with Gasteiger partial charge in [0.15, 0.2) is 23.9 Å². The van der Waals surface area contributed by atoms with Crippen LogP contribution in [0.25, 0.3) is 10.9 Å². The number of benzene rings is 2. The molecular weight excluding hydrogens is 563 g/mol. The molecule has 0 amide bonds. The number of nitrogens with one attached hydrogen (secondary N) is 1. The van der Waals surface area contributed by atoms with Gasteiger partial charge < -0.3 is 18.8 Å². The van der Waals surface area contributed by atoms with E-state index in [1.54, 1.807) is 53.5 Å². The van der Waals surface area contributed by atoms with Crippen LogP contribution in [0.4, 0.5) is 8.78 Å². The van der Waals surface area contributed by atoms with E-state index in [0.29, 0.717) is 39.3 Å². The topological polar surface area (TPSA) is 87.6 Å². The van der Waals surface area contributed by atoms with Gasteiger partial charge in [0.2, 0.25) is 0 Å². The van der Waals surface area contributed by atoms with Crippen molar-refractivity contribution >= 4 is 40.1 Å². The van der Waals surface area contributed by atoms with E-state index in [1.165, 1.54) is 6.07 Å². The zero-order valence-corrected chi connectivity index (χ0v) is 22.6. The largest absolute Gasteiger partial charge is 0.489 e. The van der Waals surface area contributed by atoms with Crippen molar-refractivity contribution in [2.24, 2.45) is 5.92 Å². The summed E-state index contributed by atoms with van der Waals surface area (Å²) in [5.41, 5.74) is 2.32. The minimum absolute atomic E-state index is 0.104. The lowest BCUT2D eigenvalue weighted by atomic mass is 10.0. The maximum absolute atomic E-state index is 13.2. The molecule has 0 bridgehead atoms. The molecule has 1 saturated carbocycles. The first-order chi connectivity index (χ1) is 19.3. The van der Waals surface area contributed by atoms with Crippen LogP contribution in [0.3, 0.4) is 0 Å². The normalized spacial score (nSPS) is 13.7. The van der Waals surface area contributed by atoms with E-state index in [2.05, 4.69) is 15.8 Å². The maximum atomic E-state index is 13.2. The van der Waals surface area contributed by atoms with Crippen LogP contribution >= 0.6 is 23.2 Å². The molecule has 2 aromatic carbocycles. The van der Waals surface area contributed by atoms with Gasteiger partial charge in [-0.15, -0.1) is 0 Å². The number of rotatable bonds is 11. The highest BCUT2D eigenvalue weighted by Gasteiger charge is 2.26. The van der Waals surface area contributed by atoms with Crippen LogP contribution in [0, 0.1) is 17.2 Å². The minimum atomic E-state index is -3.03.